The minimum atomic E-state index is -0.384. The Labute approximate surface area is 179 Å². The molecule has 0 aliphatic carbocycles. The van der Waals surface area contributed by atoms with Crippen molar-refractivity contribution in [1.29, 1.82) is 0 Å². The number of carbonyl (C=O) groups excluding carboxylic acids is 3. The Morgan fingerprint density at radius 2 is 1.57 bits per heavy atom. The minimum absolute atomic E-state index is 0.00239. The summed E-state index contributed by atoms with van der Waals surface area (Å²) in [4.78, 5) is 41.4. The maximum atomic E-state index is 12.8. The van der Waals surface area contributed by atoms with Gasteiger partial charge in [0, 0.05) is 37.8 Å². The molecule has 2 aliphatic rings. The number of aryl methyl sites for hydroxylation is 1. The SMILES string of the molecule is Cc1ccc(NC(=O)c2nnc(C(=O)N3CCC(C(=O)N4CCCC4)CC3)s2)cc1. The predicted octanol–water partition coefficient (Wildman–Crippen LogP) is 2.57. The molecule has 2 aliphatic heterocycles. The number of aromatic nitrogens is 2. The van der Waals surface area contributed by atoms with E-state index in [1.165, 1.54) is 0 Å². The molecule has 0 saturated carbocycles. The van der Waals surface area contributed by atoms with E-state index in [1.807, 2.05) is 36.1 Å². The molecule has 3 heterocycles. The summed E-state index contributed by atoms with van der Waals surface area (Å²) >= 11 is 0.992. The summed E-state index contributed by atoms with van der Waals surface area (Å²) in [6.07, 6.45) is 3.50. The van der Waals surface area contributed by atoms with Gasteiger partial charge in [-0.05, 0) is 44.7 Å². The second-order valence-electron chi connectivity index (χ2n) is 7.83. The van der Waals surface area contributed by atoms with Gasteiger partial charge in [0.1, 0.15) is 0 Å². The molecule has 8 nitrogen and oxygen atoms in total. The summed E-state index contributed by atoms with van der Waals surface area (Å²) in [6, 6.07) is 7.44. The molecule has 9 heteroatoms. The van der Waals surface area contributed by atoms with Crippen molar-refractivity contribution in [2.24, 2.45) is 5.92 Å². The van der Waals surface area contributed by atoms with E-state index in [9.17, 15) is 14.4 Å². The van der Waals surface area contributed by atoms with Gasteiger partial charge in [-0.25, -0.2) is 0 Å². The number of hydrogen-bond acceptors (Lipinski definition) is 6. The van der Waals surface area contributed by atoms with Crippen molar-refractivity contribution in [2.45, 2.75) is 32.6 Å². The Balaban J connectivity index is 1.32. The van der Waals surface area contributed by atoms with Crippen LogP contribution in [0, 0.1) is 12.8 Å². The molecule has 2 aromatic rings. The van der Waals surface area contributed by atoms with Crippen LogP contribution in [-0.4, -0.2) is 63.9 Å². The summed E-state index contributed by atoms with van der Waals surface area (Å²) in [6.45, 7) is 4.73. The summed E-state index contributed by atoms with van der Waals surface area (Å²) in [5.41, 5.74) is 1.76. The fourth-order valence-electron chi connectivity index (χ4n) is 3.88. The lowest BCUT2D eigenvalue weighted by Gasteiger charge is -2.32. The van der Waals surface area contributed by atoms with Gasteiger partial charge in [0.05, 0.1) is 0 Å². The Kier molecular flexibility index (Phi) is 6.08. The van der Waals surface area contributed by atoms with Crippen LogP contribution in [-0.2, 0) is 4.79 Å². The largest absolute Gasteiger partial charge is 0.342 e. The first-order valence-electron chi connectivity index (χ1n) is 10.3. The molecule has 1 aromatic heterocycles. The van der Waals surface area contributed by atoms with Crippen LogP contribution in [0.3, 0.4) is 0 Å². The van der Waals surface area contributed by atoms with Gasteiger partial charge >= 0.3 is 0 Å². The van der Waals surface area contributed by atoms with Gasteiger partial charge in [-0.1, -0.05) is 29.0 Å². The summed E-state index contributed by atoms with van der Waals surface area (Å²) < 4.78 is 0. The molecule has 1 aromatic carbocycles. The summed E-state index contributed by atoms with van der Waals surface area (Å²) in [5, 5.41) is 10.9. The quantitative estimate of drug-likeness (QED) is 0.809. The number of nitrogens with one attached hydrogen (secondary N) is 1. The van der Waals surface area contributed by atoms with E-state index in [0.29, 0.717) is 31.6 Å². The van der Waals surface area contributed by atoms with Crippen molar-refractivity contribution in [2.75, 3.05) is 31.5 Å². The summed E-state index contributed by atoms with van der Waals surface area (Å²) in [7, 11) is 0. The number of anilines is 1. The standard InChI is InChI=1S/C21H25N5O3S/c1-14-4-6-16(7-5-14)22-17(27)18-23-24-19(30-18)21(29)26-12-8-15(9-13-26)20(28)25-10-2-3-11-25/h4-7,15H,2-3,8-13H2,1H3,(H,22,27). The van der Waals surface area contributed by atoms with E-state index in [0.717, 1.165) is 42.8 Å². The topological polar surface area (TPSA) is 95.5 Å². The first-order valence-corrected chi connectivity index (χ1v) is 11.1. The lowest BCUT2D eigenvalue weighted by Crippen LogP contribution is -2.43. The maximum Gasteiger partial charge on any atom is 0.286 e. The van der Waals surface area contributed by atoms with Crippen LogP contribution in [0.4, 0.5) is 5.69 Å². The highest BCUT2D eigenvalue weighted by Crippen LogP contribution is 2.24. The van der Waals surface area contributed by atoms with E-state index >= 15 is 0 Å². The molecule has 30 heavy (non-hydrogen) atoms. The highest BCUT2D eigenvalue weighted by Gasteiger charge is 2.32. The van der Waals surface area contributed by atoms with Gasteiger partial charge in [-0.3, -0.25) is 14.4 Å². The lowest BCUT2D eigenvalue weighted by molar-refractivity contribution is -0.135. The third-order valence-corrected chi connectivity index (χ3v) is 6.57. The molecule has 2 fully saturated rings. The molecule has 4 rings (SSSR count). The third-order valence-electron chi connectivity index (χ3n) is 5.66. The van der Waals surface area contributed by atoms with Crippen molar-refractivity contribution >= 4 is 34.7 Å². The normalized spacial score (nSPS) is 17.2. The van der Waals surface area contributed by atoms with Gasteiger partial charge in [-0.2, -0.15) is 0 Å². The molecule has 0 bridgehead atoms. The second-order valence-corrected chi connectivity index (χ2v) is 8.81. The zero-order valence-electron chi connectivity index (χ0n) is 17.0. The Morgan fingerprint density at radius 1 is 0.933 bits per heavy atom. The van der Waals surface area contributed by atoms with Gasteiger partial charge in [0.25, 0.3) is 11.8 Å². The summed E-state index contributed by atoms with van der Waals surface area (Å²) in [5.74, 6) is -0.387. The number of piperidine rings is 1. The molecule has 1 N–H and O–H groups in total. The number of carbonyl (C=O) groups is 3. The predicted molar refractivity (Wildman–Crippen MR) is 113 cm³/mol. The zero-order chi connectivity index (χ0) is 21.1. The number of benzene rings is 1. The Bertz CT molecular complexity index is 928. The molecule has 0 spiro atoms. The number of rotatable bonds is 4. The fourth-order valence-corrected chi connectivity index (χ4v) is 4.59. The van der Waals surface area contributed by atoms with E-state index in [1.54, 1.807) is 4.90 Å². The Hall–Kier alpha value is -2.81. The van der Waals surface area contributed by atoms with Crippen LogP contribution >= 0.6 is 11.3 Å². The highest BCUT2D eigenvalue weighted by molar-refractivity contribution is 7.15. The fraction of sp³-hybridized carbons (Fsp3) is 0.476. The third kappa shape index (κ3) is 4.51. The monoisotopic (exact) mass is 427 g/mol. The van der Waals surface area contributed by atoms with E-state index in [4.69, 9.17) is 0 Å². The maximum absolute atomic E-state index is 12.8. The van der Waals surface area contributed by atoms with Crippen molar-refractivity contribution in [3.63, 3.8) is 0 Å². The van der Waals surface area contributed by atoms with Crippen molar-refractivity contribution in [3.8, 4) is 0 Å². The first-order chi connectivity index (χ1) is 14.5. The number of hydrogen-bond donors (Lipinski definition) is 1. The smallest absolute Gasteiger partial charge is 0.286 e. The minimum Gasteiger partial charge on any atom is -0.342 e. The molecular formula is C21H25N5O3S. The van der Waals surface area contributed by atoms with Crippen LogP contribution in [0.15, 0.2) is 24.3 Å². The molecule has 158 valence electrons. The van der Waals surface area contributed by atoms with Crippen molar-refractivity contribution in [1.82, 2.24) is 20.0 Å². The van der Waals surface area contributed by atoms with E-state index < -0.39 is 0 Å². The molecule has 0 unspecified atom stereocenters. The van der Waals surface area contributed by atoms with Gasteiger partial charge in [0.2, 0.25) is 15.9 Å². The molecular weight excluding hydrogens is 402 g/mol. The highest BCUT2D eigenvalue weighted by atomic mass is 32.1. The molecule has 0 atom stereocenters. The first kappa shape index (κ1) is 20.5. The van der Waals surface area contributed by atoms with Crippen LogP contribution in [0.1, 0.15) is 50.9 Å². The second kappa shape index (κ2) is 8.91. The van der Waals surface area contributed by atoms with Gasteiger partial charge in [0.15, 0.2) is 0 Å². The number of nitrogens with zero attached hydrogens (tertiary/aromatic N) is 4. The van der Waals surface area contributed by atoms with E-state index in [-0.39, 0.29) is 33.7 Å². The molecule has 0 radical (unpaired) electrons. The number of amides is 3. The molecule has 2 saturated heterocycles. The van der Waals surface area contributed by atoms with Crippen molar-refractivity contribution in [3.05, 3.63) is 39.8 Å². The Morgan fingerprint density at radius 3 is 2.23 bits per heavy atom. The van der Waals surface area contributed by atoms with Crippen molar-refractivity contribution < 1.29 is 14.4 Å². The average Bonchev–Trinajstić information content (AvgIpc) is 3.47. The average molecular weight is 428 g/mol. The van der Waals surface area contributed by atoms with Crippen LogP contribution < -0.4 is 5.32 Å². The van der Waals surface area contributed by atoms with Gasteiger partial charge < -0.3 is 15.1 Å². The zero-order valence-corrected chi connectivity index (χ0v) is 17.8. The van der Waals surface area contributed by atoms with Crippen LogP contribution in [0.5, 0.6) is 0 Å². The van der Waals surface area contributed by atoms with E-state index in [2.05, 4.69) is 15.5 Å². The van der Waals surface area contributed by atoms with Crippen LogP contribution in [0.2, 0.25) is 0 Å². The lowest BCUT2D eigenvalue weighted by atomic mass is 9.95. The van der Waals surface area contributed by atoms with Gasteiger partial charge in [-0.15, -0.1) is 10.2 Å². The van der Waals surface area contributed by atoms with Crippen LogP contribution in [0.25, 0.3) is 0 Å². The number of likely N-dealkylation sites (tertiary alicyclic amines) is 2. The molecule has 3 amide bonds.